The van der Waals surface area contributed by atoms with Gasteiger partial charge in [0.15, 0.2) is 0 Å². The Morgan fingerprint density at radius 1 is 0.971 bits per heavy atom. The molecule has 1 N–H and O–H groups in total. The van der Waals surface area contributed by atoms with Gasteiger partial charge in [-0.25, -0.2) is 17.2 Å². The number of hydrogen-bond donors (Lipinski definition) is 2. The van der Waals surface area contributed by atoms with Crippen molar-refractivity contribution >= 4 is 16.6 Å². The van der Waals surface area contributed by atoms with Gasteiger partial charge in [0, 0.05) is 12.2 Å². The summed E-state index contributed by atoms with van der Waals surface area (Å²) >= 11 is 0. The average molecular weight is 500 g/mol. The molecule has 0 atom stereocenters. The average Bonchev–Trinajstić information content (AvgIpc) is 2.77. The monoisotopic (exact) mass is 500 g/mol. The molecule has 3 rings (SSSR count). The number of alkyl halides is 5. The number of amides is 1. The number of rotatable bonds is 7. The molecule has 0 unspecified atom stereocenters. The fourth-order valence-electron chi connectivity index (χ4n) is 3.17. The van der Waals surface area contributed by atoms with Crippen molar-refractivity contribution in [2.75, 3.05) is 0 Å². The van der Waals surface area contributed by atoms with Gasteiger partial charge in [0.05, 0.1) is 17.0 Å². The van der Waals surface area contributed by atoms with Crippen molar-refractivity contribution < 1.29 is 35.2 Å². The molecule has 6 nitrogen and oxygen atoms in total. The SMILES string of the molecule is O=C(NCc1ccc(C[SH](=O)=O)cc1)c1ccc(C(F)F)n(-c2cccc(C(F)(F)F)c2)c1=O. The number of carbonyl (C=O) groups excluding carboxylic acids is 1. The molecule has 1 amide bonds. The topological polar surface area (TPSA) is 85.2 Å². The largest absolute Gasteiger partial charge is 0.416 e. The molecule has 0 bridgehead atoms. The van der Waals surface area contributed by atoms with Crippen LogP contribution in [-0.2, 0) is 29.2 Å². The first-order valence-electron chi connectivity index (χ1n) is 9.67. The van der Waals surface area contributed by atoms with Crippen molar-refractivity contribution in [1.29, 1.82) is 0 Å². The van der Waals surface area contributed by atoms with Gasteiger partial charge in [-0.05, 0) is 41.5 Å². The fraction of sp³-hybridized carbons (Fsp3) is 0.182. The highest BCUT2D eigenvalue weighted by atomic mass is 32.2. The number of nitrogens with one attached hydrogen (secondary N) is 1. The van der Waals surface area contributed by atoms with Crippen molar-refractivity contribution in [3.63, 3.8) is 0 Å². The maximum atomic E-state index is 13.5. The van der Waals surface area contributed by atoms with Crippen LogP contribution in [0.15, 0.2) is 65.5 Å². The van der Waals surface area contributed by atoms with Crippen LogP contribution in [0.4, 0.5) is 22.0 Å². The Morgan fingerprint density at radius 3 is 2.21 bits per heavy atom. The Labute approximate surface area is 191 Å². The van der Waals surface area contributed by atoms with E-state index >= 15 is 0 Å². The lowest BCUT2D eigenvalue weighted by Gasteiger charge is -2.16. The van der Waals surface area contributed by atoms with E-state index in [0.717, 1.165) is 30.3 Å². The van der Waals surface area contributed by atoms with Crippen LogP contribution in [0.5, 0.6) is 0 Å². The van der Waals surface area contributed by atoms with Crippen LogP contribution in [0.2, 0.25) is 0 Å². The Morgan fingerprint density at radius 2 is 1.62 bits per heavy atom. The van der Waals surface area contributed by atoms with Crippen LogP contribution in [0.1, 0.15) is 39.2 Å². The van der Waals surface area contributed by atoms with Gasteiger partial charge in [0.1, 0.15) is 16.3 Å². The Hall–Kier alpha value is -3.54. The van der Waals surface area contributed by atoms with Crippen LogP contribution < -0.4 is 10.9 Å². The first-order valence-corrected chi connectivity index (χ1v) is 11.0. The predicted molar refractivity (Wildman–Crippen MR) is 114 cm³/mol. The highest BCUT2D eigenvalue weighted by Gasteiger charge is 2.31. The Balaban J connectivity index is 1.91. The third kappa shape index (κ3) is 5.87. The minimum Gasteiger partial charge on any atom is -0.348 e. The predicted octanol–water partition coefficient (Wildman–Crippen LogP) is 3.84. The summed E-state index contributed by atoms with van der Waals surface area (Å²) in [6.07, 6.45) is -7.96. The second-order valence-electron chi connectivity index (χ2n) is 7.15. The van der Waals surface area contributed by atoms with E-state index in [-0.39, 0.29) is 12.3 Å². The van der Waals surface area contributed by atoms with Crippen LogP contribution in [0, 0.1) is 0 Å². The summed E-state index contributed by atoms with van der Waals surface area (Å²) in [5.41, 5.74) is -3.11. The molecule has 0 aliphatic rings. The van der Waals surface area contributed by atoms with E-state index in [2.05, 4.69) is 5.32 Å². The summed E-state index contributed by atoms with van der Waals surface area (Å²) < 4.78 is 88.2. The molecule has 1 heterocycles. The van der Waals surface area contributed by atoms with E-state index in [1.807, 2.05) is 0 Å². The number of halogens is 5. The molecule has 180 valence electrons. The van der Waals surface area contributed by atoms with Gasteiger partial charge in [0.25, 0.3) is 17.9 Å². The standard InChI is InChI=1S/C22H17F5N2O4S/c23-19(24)18-9-8-17(20(30)28-11-13-4-6-14(7-5-13)12-34(32)33)21(31)29(18)16-3-1-2-15(10-16)22(25,26)27/h1-10,19,34H,11-12H2,(H,28,30). The zero-order chi connectivity index (χ0) is 25.0. The van der Waals surface area contributed by atoms with Crippen LogP contribution in [-0.4, -0.2) is 18.9 Å². The van der Waals surface area contributed by atoms with Crippen molar-refractivity contribution in [3.05, 3.63) is 99.0 Å². The van der Waals surface area contributed by atoms with Crippen LogP contribution in [0.25, 0.3) is 5.69 Å². The maximum Gasteiger partial charge on any atom is 0.416 e. The van der Waals surface area contributed by atoms with Gasteiger partial charge < -0.3 is 5.32 Å². The highest BCUT2D eigenvalue weighted by molar-refractivity contribution is 7.71. The zero-order valence-corrected chi connectivity index (χ0v) is 18.1. The van der Waals surface area contributed by atoms with E-state index in [1.165, 1.54) is 0 Å². The highest BCUT2D eigenvalue weighted by Crippen LogP contribution is 2.31. The third-order valence-electron chi connectivity index (χ3n) is 4.80. The smallest absolute Gasteiger partial charge is 0.348 e. The second-order valence-corrected chi connectivity index (χ2v) is 8.13. The molecule has 0 saturated heterocycles. The fourth-order valence-corrected chi connectivity index (χ4v) is 3.68. The summed E-state index contributed by atoms with van der Waals surface area (Å²) in [4.78, 5) is 25.5. The van der Waals surface area contributed by atoms with Gasteiger partial charge >= 0.3 is 6.18 Å². The summed E-state index contributed by atoms with van der Waals surface area (Å²) in [6, 6.07) is 11.2. The van der Waals surface area contributed by atoms with Crippen molar-refractivity contribution in [2.24, 2.45) is 0 Å². The number of hydrogen-bond acceptors (Lipinski definition) is 4. The van der Waals surface area contributed by atoms with E-state index in [9.17, 15) is 40.0 Å². The second kappa shape index (κ2) is 10.2. The van der Waals surface area contributed by atoms with Crippen molar-refractivity contribution in [3.8, 4) is 5.69 Å². The van der Waals surface area contributed by atoms with Crippen molar-refractivity contribution in [2.45, 2.75) is 24.9 Å². The first kappa shape index (κ1) is 25.1. The number of pyridine rings is 1. The number of benzene rings is 2. The number of aromatic nitrogens is 1. The van der Waals surface area contributed by atoms with Gasteiger partial charge in [-0.2, -0.15) is 13.2 Å². The molecule has 0 fully saturated rings. The molecular weight excluding hydrogens is 483 g/mol. The molecule has 34 heavy (non-hydrogen) atoms. The normalized spacial score (nSPS) is 11.7. The molecule has 1 aromatic heterocycles. The quantitative estimate of drug-likeness (QED) is 0.382. The molecule has 3 aromatic rings. The zero-order valence-electron chi connectivity index (χ0n) is 17.2. The molecular formula is C22H17F5N2O4S. The minimum atomic E-state index is -4.77. The van der Waals surface area contributed by atoms with Crippen molar-refractivity contribution in [1.82, 2.24) is 9.88 Å². The van der Waals surface area contributed by atoms with Gasteiger partial charge in [-0.1, -0.05) is 30.3 Å². The molecule has 0 aliphatic heterocycles. The Kier molecular flexibility index (Phi) is 7.50. The lowest BCUT2D eigenvalue weighted by atomic mass is 10.1. The Bertz CT molecular complexity index is 1320. The van der Waals surface area contributed by atoms with E-state index in [1.54, 1.807) is 24.3 Å². The van der Waals surface area contributed by atoms with E-state index in [4.69, 9.17) is 0 Å². The molecule has 2 aromatic carbocycles. The van der Waals surface area contributed by atoms with E-state index < -0.39 is 57.3 Å². The van der Waals surface area contributed by atoms with Crippen LogP contribution >= 0.6 is 0 Å². The molecule has 0 saturated carbocycles. The van der Waals surface area contributed by atoms with Gasteiger partial charge in [-0.3, -0.25) is 14.2 Å². The molecule has 12 heteroatoms. The summed E-state index contributed by atoms with van der Waals surface area (Å²) in [6.45, 7) is -0.0672. The summed E-state index contributed by atoms with van der Waals surface area (Å²) in [7, 11) is -2.60. The molecule has 0 radical (unpaired) electrons. The molecule has 0 spiro atoms. The van der Waals surface area contributed by atoms with Gasteiger partial charge in [-0.15, -0.1) is 0 Å². The lowest BCUT2D eigenvalue weighted by molar-refractivity contribution is -0.137. The first-order chi connectivity index (χ1) is 16.0. The minimum absolute atomic E-state index is 0.0672. The molecule has 0 aliphatic carbocycles. The maximum absolute atomic E-state index is 13.5. The van der Waals surface area contributed by atoms with E-state index in [0.29, 0.717) is 21.8 Å². The number of carbonyl (C=O) groups is 1. The number of nitrogens with zero attached hydrogens (tertiary/aromatic N) is 1. The van der Waals surface area contributed by atoms with Gasteiger partial charge in [0.2, 0.25) is 0 Å². The third-order valence-corrected chi connectivity index (χ3v) is 5.42. The summed E-state index contributed by atoms with van der Waals surface area (Å²) in [5.74, 6) is -1.06. The van der Waals surface area contributed by atoms with Crippen LogP contribution in [0.3, 0.4) is 0 Å². The number of thiol groups is 1. The lowest BCUT2D eigenvalue weighted by Crippen LogP contribution is -2.33. The summed E-state index contributed by atoms with van der Waals surface area (Å²) in [5, 5.41) is 2.44.